The summed E-state index contributed by atoms with van der Waals surface area (Å²) < 4.78 is 41.9. The van der Waals surface area contributed by atoms with E-state index in [0.717, 1.165) is 12.8 Å². The van der Waals surface area contributed by atoms with Gasteiger partial charge in [-0.05, 0) is 49.2 Å². The monoisotopic (exact) mass is 435 g/mol. The molecule has 3 N–H and O–H groups in total. The summed E-state index contributed by atoms with van der Waals surface area (Å²) in [4.78, 5) is 35.6. The maximum Gasteiger partial charge on any atom is 0.405 e. The van der Waals surface area contributed by atoms with Crippen LogP contribution < -0.4 is 20.7 Å². The van der Waals surface area contributed by atoms with E-state index in [4.69, 9.17) is 4.74 Å². The van der Waals surface area contributed by atoms with Crippen LogP contribution in [0.4, 0.5) is 24.5 Å². The summed E-state index contributed by atoms with van der Waals surface area (Å²) >= 11 is 0. The Balaban J connectivity index is 1.46. The van der Waals surface area contributed by atoms with Crippen molar-refractivity contribution < 1.29 is 32.3 Å². The molecule has 31 heavy (non-hydrogen) atoms. The maximum atomic E-state index is 12.2. The average molecular weight is 435 g/mol. The molecule has 0 bridgehead atoms. The smallest absolute Gasteiger partial charge is 0.405 e. The van der Waals surface area contributed by atoms with Gasteiger partial charge in [-0.1, -0.05) is 6.07 Å². The van der Waals surface area contributed by atoms with Crippen molar-refractivity contribution >= 4 is 29.1 Å². The lowest BCUT2D eigenvalue weighted by atomic mass is 10.2. The number of anilines is 2. The van der Waals surface area contributed by atoms with Gasteiger partial charge in [-0.25, -0.2) is 0 Å². The molecular formula is C21H20F3N3O4. The Morgan fingerprint density at radius 1 is 0.968 bits per heavy atom. The van der Waals surface area contributed by atoms with Crippen molar-refractivity contribution in [1.82, 2.24) is 5.32 Å². The third-order valence-corrected chi connectivity index (χ3v) is 4.30. The zero-order valence-electron chi connectivity index (χ0n) is 16.3. The van der Waals surface area contributed by atoms with E-state index < -0.39 is 24.5 Å². The highest BCUT2D eigenvalue weighted by molar-refractivity contribution is 5.96. The Labute approximate surface area is 176 Å². The van der Waals surface area contributed by atoms with Crippen molar-refractivity contribution in [3.63, 3.8) is 0 Å². The molecule has 0 radical (unpaired) electrons. The molecule has 3 amide bonds. The number of halogens is 3. The van der Waals surface area contributed by atoms with E-state index in [2.05, 4.69) is 10.6 Å². The summed E-state index contributed by atoms with van der Waals surface area (Å²) in [7, 11) is 0. The number of carbonyl (C=O) groups is 3. The number of rotatable bonds is 8. The molecule has 1 saturated carbocycles. The number of nitrogens with one attached hydrogen (secondary N) is 3. The quantitative estimate of drug-likeness (QED) is 0.593. The summed E-state index contributed by atoms with van der Waals surface area (Å²) in [5.74, 6) is -0.905. The van der Waals surface area contributed by atoms with Gasteiger partial charge in [0.1, 0.15) is 12.3 Å². The molecule has 0 atom stereocenters. The molecule has 1 fully saturated rings. The molecular weight excluding hydrogens is 415 g/mol. The number of hydrogen-bond acceptors (Lipinski definition) is 4. The van der Waals surface area contributed by atoms with Crippen molar-refractivity contribution in [1.29, 1.82) is 0 Å². The molecule has 3 rings (SSSR count). The molecule has 164 valence electrons. The first-order valence-corrected chi connectivity index (χ1v) is 9.48. The Morgan fingerprint density at radius 3 is 2.32 bits per heavy atom. The molecule has 0 saturated heterocycles. The predicted molar refractivity (Wildman–Crippen MR) is 107 cm³/mol. The van der Waals surface area contributed by atoms with Gasteiger partial charge in [-0.2, -0.15) is 13.2 Å². The third-order valence-electron chi connectivity index (χ3n) is 4.30. The van der Waals surface area contributed by atoms with Gasteiger partial charge in [-0.15, -0.1) is 0 Å². The lowest BCUT2D eigenvalue weighted by Crippen LogP contribution is -2.33. The minimum absolute atomic E-state index is 0.0311. The third kappa shape index (κ3) is 7.32. The van der Waals surface area contributed by atoms with Crippen LogP contribution in [-0.2, 0) is 9.59 Å². The lowest BCUT2D eigenvalue weighted by molar-refractivity contribution is -0.123. The summed E-state index contributed by atoms with van der Waals surface area (Å²) in [5.41, 5.74) is 0.962. The van der Waals surface area contributed by atoms with Gasteiger partial charge in [-0.3, -0.25) is 14.4 Å². The van der Waals surface area contributed by atoms with Crippen LogP contribution in [0.3, 0.4) is 0 Å². The molecule has 2 aromatic rings. The van der Waals surface area contributed by atoms with E-state index in [1.54, 1.807) is 29.6 Å². The van der Waals surface area contributed by atoms with Gasteiger partial charge in [0, 0.05) is 28.9 Å². The zero-order valence-corrected chi connectivity index (χ0v) is 16.3. The van der Waals surface area contributed by atoms with Crippen LogP contribution in [0.15, 0.2) is 48.5 Å². The van der Waals surface area contributed by atoms with Gasteiger partial charge in [0.25, 0.3) is 11.8 Å². The van der Waals surface area contributed by atoms with E-state index in [-0.39, 0.29) is 24.0 Å². The van der Waals surface area contributed by atoms with E-state index in [9.17, 15) is 27.6 Å². The maximum absolute atomic E-state index is 12.2. The van der Waals surface area contributed by atoms with Gasteiger partial charge < -0.3 is 20.7 Å². The first-order chi connectivity index (χ1) is 14.7. The highest BCUT2D eigenvalue weighted by Crippen LogP contribution is 2.30. The Morgan fingerprint density at radius 2 is 1.68 bits per heavy atom. The SMILES string of the molecule is O=C(COc1cccc(NC(=O)C2CC2)c1)Nc1ccc(C(=O)NCC(F)(F)F)cc1. The number of benzene rings is 2. The van der Waals surface area contributed by atoms with Gasteiger partial charge in [0.05, 0.1) is 0 Å². The van der Waals surface area contributed by atoms with E-state index >= 15 is 0 Å². The topological polar surface area (TPSA) is 96.5 Å². The fourth-order valence-electron chi connectivity index (χ4n) is 2.59. The normalized spacial score (nSPS) is 13.3. The molecule has 10 heteroatoms. The minimum Gasteiger partial charge on any atom is -0.484 e. The van der Waals surface area contributed by atoms with Crippen LogP contribution in [-0.4, -0.2) is 37.0 Å². The van der Waals surface area contributed by atoms with Crippen LogP contribution in [0.1, 0.15) is 23.2 Å². The minimum atomic E-state index is -4.49. The van der Waals surface area contributed by atoms with Gasteiger partial charge in [0.2, 0.25) is 5.91 Å². The second-order valence-corrected chi connectivity index (χ2v) is 7.00. The molecule has 0 spiro atoms. The fraction of sp³-hybridized carbons (Fsp3) is 0.286. The van der Waals surface area contributed by atoms with E-state index in [1.807, 2.05) is 0 Å². The summed E-state index contributed by atoms with van der Waals surface area (Å²) in [6.45, 7) is -1.72. The van der Waals surface area contributed by atoms with Crippen LogP contribution in [0, 0.1) is 5.92 Å². The van der Waals surface area contributed by atoms with E-state index in [1.165, 1.54) is 24.3 Å². The summed E-state index contributed by atoms with van der Waals surface area (Å²) in [6, 6.07) is 12.1. The molecule has 7 nitrogen and oxygen atoms in total. The fourth-order valence-corrected chi connectivity index (χ4v) is 2.59. The number of carbonyl (C=O) groups excluding carboxylic acids is 3. The highest BCUT2D eigenvalue weighted by atomic mass is 19.4. The Hall–Kier alpha value is -3.56. The number of amides is 3. The van der Waals surface area contributed by atoms with Crippen molar-refractivity contribution in [2.24, 2.45) is 5.92 Å². The second-order valence-electron chi connectivity index (χ2n) is 7.00. The molecule has 1 aliphatic rings. The standard InChI is InChI=1S/C21H20F3N3O4/c22-21(23,24)12-25-19(29)13-6-8-15(9-7-13)26-18(28)11-31-17-3-1-2-16(10-17)27-20(30)14-4-5-14/h1-3,6-10,14H,4-5,11-12H2,(H,25,29)(H,26,28)(H,27,30). The van der Waals surface area contributed by atoms with Crippen molar-refractivity contribution in [3.05, 3.63) is 54.1 Å². The van der Waals surface area contributed by atoms with Crippen LogP contribution >= 0.6 is 0 Å². The summed E-state index contributed by atoms with van der Waals surface area (Å²) in [6.07, 6.45) is -2.71. The molecule has 1 aliphatic carbocycles. The lowest BCUT2D eigenvalue weighted by Gasteiger charge is -2.10. The molecule has 0 heterocycles. The largest absolute Gasteiger partial charge is 0.484 e. The number of alkyl halides is 3. The molecule has 0 aliphatic heterocycles. The second kappa shape index (κ2) is 9.50. The first-order valence-electron chi connectivity index (χ1n) is 9.48. The Bertz CT molecular complexity index is 957. The predicted octanol–water partition coefficient (Wildman–Crippen LogP) is 3.34. The van der Waals surface area contributed by atoms with Crippen molar-refractivity contribution in [2.75, 3.05) is 23.8 Å². The van der Waals surface area contributed by atoms with Crippen molar-refractivity contribution in [2.45, 2.75) is 19.0 Å². The number of hydrogen-bond donors (Lipinski definition) is 3. The van der Waals surface area contributed by atoms with Crippen LogP contribution in [0.5, 0.6) is 5.75 Å². The zero-order chi connectivity index (χ0) is 22.4. The van der Waals surface area contributed by atoms with Gasteiger partial charge >= 0.3 is 6.18 Å². The molecule has 0 aromatic heterocycles. The summed E-state index contributed by atoms with van der Waals surface area (Å²) in [5, 5.41) is 7.11. The Kier molecular flexibility index (Phi) is 6.78. The van der Waals surface area contributed by atoms with Crippen LogP contribution in [0.25, 0.3) is 0 Å². The van der Waals surface area contributed by atoms with Crippen molar-refractivity contribution in [3.8, 4) is 5.75 Å². The first kappa shape index (κ1) is 22.1. The average Bonchev–Trinajstić information content (AvgIpc) is 3.56. The molecule has 2 aromatic carbocycles. The van der Waals surface area contributed by atoms with Crippen LogP contribution in [0.2, 0.25) is 0 Å². The van der Waals surface area contributed by atoms with Gasteiger partial charge in [0.15, 0.2) is 6.61 Å². The van der Waals surface area contributed by atoms with E-state index in [0.29, 0.717) is 17.1 Å². The highest BCUT2D eigenvalue weighted by Gasteiger charge is 2.29. The number of ether oxygens (including phenoxy) is 1. The molecule has 0 unspecified atom stereocenters.